The molecule has 1 N–H and O–H groups in total. The number of hydrogen-bond acceptors (Lipinski definition) is 2. The molecule has 2 nitrogen and oxygen atoms in total. The van der Waals surface area contributed by atoms with Gasteiger partial charge in [0.1, 0.15) is 0 Å². The highest BCUT2D eigenvalue weighted by Gasteiger charge is 2.39. The van der Waals surface area contributed by atoms with E-state index in [1.54, 1.807) is 0 Å². The highest BCUT2D eigenvalue weighted by Crippen LogP contribution is 2.38. The van der Waals surface area contributed by atoms with Crippen LogP contribution in [0.25, 0.3) is 0 Å². The Hall–Kier alpha value is -0.0800. The van der Waals surface area contributed by atoms with Crippen molar-refractivity contribution in [3.8, 4) is 0 Å². The van der Waals surface area contributed by atoms with E-state index in [2.05, 4.69) is 45.2 Å². The molecule has 1 rings (SSSR count). The Balaban J connectivity index is 2.72. The molecule has 15 heavy (non-hydrogen) atoms. The van der Waals surface area contributed by atoms with E-state index in [0.29, 0.717) is 11.6 Å². The lowest BCUT2D eigenvalue weighted by Crippen LogP contribution is -2.57. The van der Waals surface area contributed by atoms with Crippen molar-refractivity contribution >= 4 is 0 Å². The van der Waals surface area contributed by atoms with E-state index in [4.69, 9.17) is 0 Å². The van der Waals surface area contributed by atoms with Gasteiger partial charge in [0, 0.05) is 11.6 Å². The van der Waals surface area contributed by atoms with Crippen LogP contribution in [-0.4, -0.2) is 37.6 Å². The number of rotatable bonds is 7. The fourth-order valence-electron chi connectivity index (χ4n) is 2.98. The summed E-state index contributed by atoms with van der Waals surface area (Å²) in [6.45, 7) is 4.64. The van der Waals surface area contributed by atoms with Crippen LogP contribution in [0.2, 0.25) is 0 Å². The molecule has 1 unspecified atom stereocenters. The van der Waals surface area contributed by atoms with Crippen molar-refractivity contribution in [3.63, 3.8) is 0 Å². The first kappa shape index (κ1) is 13.0. The van der Waals surface area contributed by atoms with Gasteiger partial charge in [0.05, 0.1) is 0 Å². The molecule has 1 atom stereocenters. The average Bonchev–Trinajstić information content (AvgIpc) is 3.02. The molecule has 0 amide bonds. The summed E-state index contributed by atoms with van der Waals surface area (Å²) in [7, 11) is 6.57. The van der Waals surface area contributed by atoms with Crippen LogP contribution in [0.4, 0.5) is 0 Å². The Labute approximate surface area is 95.4 Å². The second kappa shape index (κ2) is 5.31. The third-order valence-electron chi connectivity index (χ3n) is 4.38. The van der Waals surface area contributed by atoms with Crippen LogP contribution >= 0.6 is 0 Å². The first-order valence-electron chi connectivity index (χ1n) is 6.45. The fourth-order valence-corrected chi connectivity index (χ4v) is 2.98. The van der Waals surface area contributed by atoms with Gasteiger partial charge in [-0.2, -0.15) is 0 Å². The topological polar surface area (TPSA) is 15.3 Å². The van der Waals surface area contributed by atoms with Crippen LogP contribution in [0.3, 0.4) is 0 Å². The Morgan fingerprint density at radius 3 is 2.07 bits per heavy atom. The Morgan fingerprint density at radius 1 is 1.27 bits per heavy atom. The number of likely N-dealkylation sites (N-methyl/N-ethyl adjacent to an activating group) is 2. The summed E-state index contributed by atoms with van der Waals surface area (Å²) in [6.07, 6.45) is 6.73. The Kier molecular flexibility index (Phi) is 4.60. The zero-order valence-corrected chi connectivity index (χ0v) is 11.1. The molecule has 0 radical (unpaired) electrons. The van der Waals surface area contributed by atoms with Crippen molar-refractivity contribution in [2.24, 2.45) is 5.92 Å². The summed E-state index contributed by atoms with van der Waals surface area (Å²) >= 11 is 0. The van der Waals surface area contributed by atoms with Crippen molar-refractivity contribution in [1.29, 1.82) is 0 Å². The van der Waals surface area contributed by atoms with Gasteiger partial charge in [0.2, 0.25) is 0 Å². The molecule has 90 valence electrons. The largest absolute Gasteiger partial charge is 0.315 e. The molecule has 0 aromatic heterocycles. The van der Waals surface area contributed by atoms with Gasteiger partial charge in [0.25, 0.3) is 0 Å². The van der Waals surface area contributed by atoms with Gasteiger partial charge in [-0.3, -0.25) is 0 Å². The molecule has 0 aromatic carbocycles. The van der Waals surface area contributed by atoms with E-state index >= 15 is 0 Å². The normalized spacial score (nSPS) is 19.6. The van der Waals surface area contributed by atoms with Crippen molar-refractivity contribution in [2.75, 3.05) is 21.1 Å². The third-order valence-corrected chi connectivity index (χ3v) is 4.38. The molecule has 1 saturated carbocycles. The number of hydrogen-bond donors (Lipinski definition) is 1. The standard InChI is InChI=1S/C13H28N2/c1-6-13(7-2,15(4)5)12(14-3)10-11-8-9-11/h11-12,14H,6-10H2,1-5H3. The summed E-state index contributed by atoms with van der Waals surface area (Å²) in [4.78, 5) is 2.43. The lowest BCUT2D eigenvalue weighted by molar-refractivity contribution is 0.0851. The van der Waals surface area contributed by atoms with Crippen LogP contribution in [0, 0.1) is 5.92 Å². The maximum atomic E-state index is 3.56. The SMILES string of the molecule is CCC(CC)(C(CC1CC1)NC)N(C)C. The highest BCUT2D eigenvalue weighted by atomic mass is 15.2. The minimum Gasteiger partial charge on any atom is -0.315 e. The van der Waals surface area contributed by atoms with E-state index in [-0.39, 0.29) is 0 Å². The van der Waals surface area contributed by atoms with Gasteiger partial charge in [-0.05, 0) is 46.3 Å². The molecule has 0 aromatic rings. The van der Waals surface area contributed by atoms with Gasteiger partial charge in [-0.1, -0.05) is 26.7 Å². The van der Waals surface area contributed by atoms with Gasteiger partial charge in [-0.25, -0.2) is 0 Å². The van der Waals surface area contributed by atoms with Crippen LogP contribution in [-0.2, 0) is 0 Å². The molecular weight excluding hydrogens is 184 g/mol. The van der Waals surface area contributed by atoms with Crippen LogP contribution in [0.1, 0.15) is 46.0 Å². The molecule has 1 fully saturated rings. The molecule has 0 spiro atoms. The average molecular weight is 212 g/mol. The third kappa shape index (κ3) is 2.73. The van der Waals surface area contributed by atoms with E-state index in [1.165, 1.54) is 32.1 Å². The molecule has 2 heteroatoms. The summed E-state index contributed by atoms with van der Waals surface area (Å²) in [5.74, 6) is 1.000. The van der Waals surface area contributed by atoms with Gasteiger partial charge >= 0.3 is 0 Å². The zero-order chi connectivity index (χ0) is 11.5. The summed E-state index contributed by atoms with van der Waals surface area (Å²) in [5.41, 5.74) is 0.345. The van der Waals surface area contributed by atoms with Gasteiger partial charge in [0.15, 0.2) is 0 Å². The second-order valence-corrected chi connectivity index (χ2v) is 5.23. The van der Waals surface area contributed by atoms with Crippen molar-refractivity contribution in [3.05, 3.63) is 0 Å². The highest BCUT2D eigenvalue weighted by molar-refractivity contribution is 4.98. The minimum atomic E-state index is 0.345. The van der Waals surface area contributed by atoms with Crippen molar-refractivity contribution < 1.29 is 0 Å². The molecule has 0 saturated heterocycles. The Bertz CT molecular complexity index is 181. The quantitative estimate of drug-likeness (QED) is 0.697. The number of nitrogens with zero attached hydrogens (tertiary/aromatic N) is 1. The second-order valence-electron chi connectivity index (χ2n) is 5.23. The van der Waals surface area contributed by atoms with Crippen LogP contribution in [0.5, 0.6) is 0 Å². The molecule has 1 aliphatic carbocycles. The monoisotopic (exact) mass is 212 g/mol. The predicted molar refractivity (Wildman–Crippen MR) is 67.2 cm³/mol. The maximum Gasteiger partial charge on any atom is 0.0351 e. The van der Waals surface area contributed by atoms with E-state index in [9.17, 15) is 0 Å². The smallest absolute Gasteiger partial charge is 0.0351 e. The summed E-state index contributed by atoms with van der Waals surface area (Å²) in [6, 6.07) is 0.648. The fraction of sp³-hybridized carbons (Fsp3) is 1.00. The van der Waals surface area contributed by atoms with Crippen LogP contribution in [0.15, 0.2) is 0 Å². The lowest BCUT2D eigenvalue weighted by Gasteiger charge is -2.45. The Morgan fingerprint density at radius 2 is 1.80 bits per heavy atom. The van der Waals surface area contributed by atoms with Gasteiger partial charge in [-0.15, -0.1) is 0 Å². The molecule has 0 bridgehead atoms. The molecule has 0 heterocycles. The lowest BCUT2D eigenvalue weighted by atomic mass is 9.80. The van der Waals surface area contributed by atoms with E-state index in [0.717, 1.165) is 5.92 Å². The minimum absolute atomic E-state index is 0.345. The maximum absolute atomic E-state index is 3.56. The predicted octanol–water partition coefficient (Wildman–Crippen LogP) is 2.49. The van der Waals surface area contributed by atoms with E-state index in [1.807, 2.05) is 0 Å². The van der Waals surface area contributed by atoms with Crippen molar-refractivity contribution in [2.45, 2.75) is 57.5 Å². The first-order valence-corrected chi connectivity index (χ1v) is 6.45. The van der Waals surface area contributed by atoms with Crippen LogP contribution < -0.4 is 5.32 Å². The first-order chi connectivity index (χ1) is 7.10. The van der Waals surface area contributed by atoms with Gasteiger partial charge < -0.3 is 10.2 Å². The summed E-state index contributed by atoms with van der Waals surface area (Å²) < 4.78 is 0. The zero-order valence-electron chi connectivity index (χ0n) is 11.1. The molecular formula is C13H28N2. The molecule has 0 aliphatic heterocycles. The summed E-state index contributed by atoms with van der Waals surface area (Å²) in [5, 5.41) is 3.56. The van der Waals surface area contributed by atoms with E-state index < -0.39 is 0 Å². The molecule has 1 aliphatic rings. The van der Waals surface area contributed by atoms with Crippen molar-refractivity contribution in [1.82, 2.24) is 10.2 Å². The number of nitrogens with one attached hydrogen (secondary N) is 1.